The van der Waals surface area contributed by atoms with E-state index >= 15 is 0 Å². The molecule has 4 rings (SSSR count). The lowest BCUT2D eigenvalue weighted by Crippen LogP contribution is -2.45. The summed E-state index contributed by atoms with van der Waals surface area (Å²) < 4.78 is 11.6. The third-order valence-electron chi connectivity index (χ3n) is 6.19. The van der Waals surface area contributed by atoms with E-state index in [9.17, 15) is 4.79 Å². The number of anilines is 1. The van der Waals surface area contributed by atoms with Crippen LogP contribution in [0, 0.1) is 0 Å². The molecule has 1 aliphatic carbocycles. The summed E-state index contributed by atoms with van der Waals surface area (Å²) in [6.45, 7) is 2.94. The van der Waals surface area contributed by atoms with E-state index in [1.54, 1.807) is 7.11 Å². The summed E-state index contributed by atoms with van der Waals surface area (Å²) in [5.41, 5.74) is 2.05. The highest BCUT2D eigenvalue weighted by Crippen LogP contribution is 2.34. The van der Waals surface area contributed by atoms with Crippen molar-refractivity contribution >= 4 is 11.7 Å². The molecule has 1 saturated carbocycles. The maximum atomic E-state index is 12.6. The van der Waals surface area contributed by atoms with Crippen molar-refractivity contribution in [3.8, 4) is 11.5 Å². The largest absolute Gasteiger partial charge is 0.493 e. The molecule has 2 aromatic rings. The Balaban J connectivity index is 1.26. The quantitative estimate of drug-likeness (QED) is 0.671. The van der Waals surface area contributed by atoms with Crippen molar-refractivity contribution in [3.63, 3.8) is 0 Å². The SMILES string of the molecule is COc1ccc(NC(=O)NC2CCN(Cc3ccccc3)CC2)cc1OC1CCCC1. The number of benzene rings is 2. The Morgan fingerprint density at radius 2 is 1.74 bits per heavy atom. The lowest BCUT2D eigenvalue weighted by atomic mass is 10.0. The second-order valence-electron chi connectivity index (χ2n) is 8.52. The lowest BCUT2D eigenvalue weighted by Gasteiger charge is -2.32. The molecule has 1 heterocycles. The molecule has 0 spiro atoms. The molecule has 0 radical (unpaired) electrons. The van der Waals surface area contributed by atoms with Gasteiger partial charge in [-0.3, -0.25) is 4.90 Å². The van der Waals surface area contributed by atoms with Crippen molar-refractivity contribution in [3.05, 3.63) is 54.1 Å². The molecule has 31 heavy (non-hydrogen) atoms. The molecule has 6 nitrogen and oxygen atoms in total. The number of urea groups is 1. The summed E-state index contributed by atoms with van der Waals surface area (Å²) >= 11 is 0. The van der Waals surface area contributed by atoms with Gasteiger partial charge in [0.15, 0.2) is 11.5 Å². The van der Waals surface area contributed by atoms with Crippen molar-refractivity contribution in [2.45, 2.75) is 57.2 Å². The molecule has 166 valence electrons. The third-order valence-corrected chi connectivity index (χ3v) is 6.19. The standard InChI is InChI=1S/C25H33N3O3/c1-30-23-12-11-21(17-24(23)31-22-9-5-6-10-22)27-25(29)26-20-13-15-28(16-14-20)18-19-7-3-2-4-8-19/h2-4,7-8,11-12,17,20,22H,5-6,9-10,13-16,18H2,1H3,(H2,26,27,29). The van der Waals surface area contributed by atoms with Crippen LogP contribution in [-0.2, 0) is 6.54 Å². The molecule has 0 bridgehead atoms. The number of nitrogens with one attached hydrogen (secondary N) is 2. The molecule has 2 aromatic carbocycles. The fourth-order valence-electron chi connectivity index (χ4n) is 4.46. The number of rotatable bonds is 7. The first kappa shape index (κ1) is 21.5. The number of nitrogens with zero attached hydrogens (tertiary/aromatic N) is 1. The van der Waals surface area contributed by atoms with Crippen LogP contribution in [0.1, 0.15) is 44.1 Å². The second kappa shape index (κ2) is 10.5. The minimum absolute atomic E-state index is 0.168. The van der Waals surface area contributed by atoms with E-state index in [0.29, 0.717) is 17.2 Å². The normalized spacial score (nSPS) is 18.0. The van der Waals surface area contributed by atoms with Crippen molar-refractivity contribution in [2.24, 2.45) is 0 Å². The number of ether oxygens (including phenoxy) is 2. The van der Waals surface area contributed by atoms with Gasteiger partial charge in [0.1, 0.15) is 0 Å². The minimum atomic E-state index is -0.168. The second-order valence-corrected chi connectivity index (χ2v) is 8.52. The molecule has 6 heteroatoms. The smallest absolute Gasteiger partial charge is 0.319 e. The maximum Gasteiger partial charge on any atom is 0.319 e. The summed E-state index contributed by atoms with van der Waals surface area (Å²) in [7, 11) is 1.64. The van der Waals surface area contributed by atoms with Crippen LogP contribution in [0.5, 0.6) is 11.5 Å². The van der Waals surface area contributed by atoms with Gasteiger partial charge in [0.05, 0.1) is 13.2 Å². The van der Waals surface area contributed by atoms with E-state index in [-0.39, 0.29) is 18.2 Å². The average molecular weight is 424 g/mol. The lowest BCUT2D eigenvalue weighted by molar-refractivity contribution is 0.190. The Hall–Kier alpha value is -2.73. The van der Waals surface area contributed by atoms with Crippen molar-refractivity contribution in [2.75, 3.05) is 25.5 Å². The number of piperidine rings is 1. The number of hydrogen-bond acceptors (Lipinski definition) is 4. The first-order chi connectivity index (χ1) is 15.2. The van der Waals surface area contributed by atoms with Crippen LogP contribution in [0.3, 0.4) is 0 Å². The molecule has 2 fully saturated rings. The molecule has 2 amide bonds. The van der Waals surface area contributed by atoms with Gasteiger partial charge in [0, 0.05) is 37.4 Å². The molecular weight excluding hydrogens is 390 g/mol. The van der Waals surface area contributed by atoms with Crippen LogP contribution < -0.4 is 20.1 Å². The summed E-state index contributed by atoms with van der Waals surface area (Å²) in [4.78, 5) is 15.0. The van der Waals surface area contributed by atoms with E-state index in [0.717, 1.165) is 45.3 Å². The van der Waals surface area contributed by atoms with Crippen molar-refractivity contribution in [1.82, 2.24) is 10.2 Å². The van der Waals surface area contributed by atoms with Crippen LogP contribution >= 0.6 is 0 Å². The van der Waals surface area contributed by atoms with E-state index in [1.165, 1.54) is 18.4 Å². The van der Waals surface area contributed by atoms with Gasteiger partial charge < -0.3 is 20.1 Å². The molecule has 2 aliphatic rings. The van der Waals surface area contributed by atoms with Crippen molar-refractivity contribution < 1.29 is 14.3 Å². The van der Waals surface area contributed by atoms with Gasteiger partial charge >= 0.3 is 6.03 Å². The molecular formula is C25H33N3O3. The molecule has 0 aromatic heterocycles. The Morgan fingerprint density at radius 1 is 1.00 bits per heavy atom. The summed E-state index contributed by atoms with van der Waals surface area (Å²) in [6.07, 6.45) is 6.71. The number of carbonyl (C=O) groups excluding carboxylic acids is 1. The van der Waals surface area contributed by atoms with Gasteiger partial charge in [-0.05, 0) is 56.2 Å². The predicted molar refractivity (Wildman–Crippen MR) is 123 cm³/mol. The topological polar surface area (TPSA) is 62.8 Å². The predicted octanol–water partition coefficient (Wildman–Crippen LogP) is 4.80. The van der Waals surface area contributed by atoms with Gasteiger partial charge in [-0.25, -0.2) is 4.79 Å². The zero-order valence-corrected chi connectivity index (χ0v) is 18.3. The Morgan fingerprint density at radius 3 is 2.45 bits per heavy atom. The van der Waals surface area contributed by atoms with Gasteiger partial charge in [0.2, 0.25) is 0 Å². The van der Waals surface area contributed by atoms with Gasteiger partial charge in [-0.2, -0.15) is 0 Å². The van der Waals surface area contributed by atoms with E-state index < -0.39 is 0 Å². The molecule has 1 aliphatic heterocycles. The fraction of sp³-hybridized carbons (Fsp3) is 0.480. The van der Waals surface area contributed by atoms with E-state index in [1.807, 2.05) is 24.3 Å². The highest BCUT2D eigenvalue weighted by molar-refractivity contribution is 5.89. The maximum absolute atomic E-state index is 12.6. The zero-order chi connectivity index (χ0) is 21.5. The van der Waals surface area contributed by atoms with Gasteiger partial charge in [-0.15, -0.1) is 0 Å². The summed E-state index contributed by atoms with van der Waals surface area (Å²) in [5.74, 6) is 1.39. The van der Waals surface area contributed by atoms with Crippen molar-refractivity contribution in [1.29, 1.82) is 0 Å². The first-order valence-corrected chi connectivity index (χ1v) is 11.4. The van der Waals surface area contributed by atoms with Crippen LogP contribution in [0.15, 0.2) is 48.5 Å². The number of likely N-dealkylation sites (tertiary alicyclic amines) is 1. The van der Waals surface area contributed by atoms with Gasteiger partial charge in [0.25, 0.3) is 0 Å². The van der Waals surface area contributed by atoms with Gasteiger partial charge in [-0.1, -0.05) is 30.3 Å². The molecule has 1 saturated heterocycles. The van der Waals surface area contributed by atoms with Crippen LogP contribution in [0.25, 0.3) is 0 Å². The van der Waals surface area contributed by atoms with Crippen LogP contribution in [0.4, 0.5) is 10.5 Å². The van der Waals surface area contributed by atoms with Crippen LogP contribution in [-0.4, -0.2) is 43.3 Å². The Kier molecular flexibility index (Phi) is 7.30. The Bertz CT molecular complexity index is 844. The number of methoxy groups -OCH3 is 1. The zero-order valence-electron chi connectivity index (χ0n) is 18.3. The third kappa shape index (κ3) is 6.14. The summed E-state index contributed by atoms with van der Waals surface area (Å²) in [5, 5.41) is 6.08. The number of amides is 2. The molecule has 0 unspecified atom stereocenters. The number of carbonyl (C=O) groups is 1. The Labute approximate surface area is 184 Å². The number of hydrogen-bond donors (Lipinski definition) is 2. The van der Waals surface area contributed by atoms with E-state index in [4.69, 9.17) is 9.47 Å². The monoisotopic (exact) mass is 423 g/mol. The minimum Gasteiger partial charge on any atom is -0.493 e. The van der Waals surface area contributed by atoms with Crippen LogP contribution in [0.2, 0.25) is 0 Å². The summed E-state index contributed by atoms with van der Waals surface area (Å²) in [6, 6.07) is 16.1. The molecule has 0 atom stereocenters. The first-order valence-electron chi connectivity index (χ1n) is 11.4. The fourth-order valence-corrected chi connectivity index (χ4v) is 4.46. The highest BCUT2D eigenvalue weighted by atomic mass is 16.5. The highest BCUT2D eigenvalue weighted by Gasteiger charge is 2.22. The molecule has 2 N–H and O–H groups in total. The van der Waals surface area contributed by atoms with E-state index in [2.05, 4.69) is 39.8 Å². The average Bonchev–Trinajstić information content (AvgIpc) is 3.29.